The number of nitrogens with two attached hydrogens (primary N) is 1. The second-order valence-corrected chi connectivity index (χ2v) is 8.67. The highest BCUT2D eigenvalue weighted by molar-refractivity contribution is 5.91. The van der Waals surface area contributed by atoms with Crippen LogP contribution in [0.2, 0.25) is 0 Å². The molecule has 3 aromatic carbocycles. The van der Waals surface area contributed by atoms with Gasteiger partial charge in [-0.3, -0.25) is 4.90 Å². The molecule has 34 heavy (non-hydrogen) atoms. The zero-order chi connectivity index (χ0) is 23.5. The van der Waals surface area contributed by atoms with Crippen molar-refractivity contribution >= 4 is 22.4 Å². The summed E-state index contributed by atoms with van der Waals surface area (Å²) in [7, 11) is 0. The molecule has 176 valence electrons. The number of nitrogens with zero attached hydrogens (tertiary/aromatic N) is 3. The number of H-pyrrole nitrogens is 1. The van der Waals surface area contributed by atoms with E-state index in [1.807, 2.05) is 0 Å². The Hall–Kier alpha value is -3.58. The van der Waals surface area contributed by atoms with E-state index in [0.29, 0.717) is 12.4 Å². The van der Waals surface area contributed by atoms with Gasteiger partial charge in [0.1, 0.15) is 29.5 Å². The Morgan fingerprint density at radius 3 is 2.56 bits per heavy atom. The Morgan fingerprint density at radius 1 is 1.03 bits per heavy atom. The lowest BCUT2D eigenvalue weighted by Gasteiger charge is -2.36. The van der Waals surface area contributed by atoms with Crippen molar-refractivity contribution in [1.82, 2.24) is 14.9 Å². The number of rotatable bonds is 7. The monoisotopic (exact) mass is 459 g/mol. The Morgan fingerprint density at radius 2 is 1.82 bits per heavy atom. The van der Waals surface area contributed by atoms with E-state index in [-0.39, 0.29) is 5.69 Å². The maximum absolute atomic E-state index is 13.6. The molecular weight excluding hydrogens is 429 g/mol. The summed E-state index contributed by atoms with van der Waals surface area (Å²) in [5.74, 6) is 0.968. The summed E-state index contributed by atoms with van der Waals surface area (Å²) in [6.45, 7) is 7.18. The topological polar surface area (TPSA) is 70.4 Å². The van der Waals surface area contributed by atoms with Crippen molar-refractivity contribution in [2.24, 2.45) is 0 Å². The number of para-hydroxylation sites is 1. The first-order valence-corrected chi connectivity index (χ1v) is 11.8. The number of piperazine rings is 1. The fourth-order valence-corrected chi connectivity index (χ4v) is 4.41. The lowest BCUT2D eigenvalue weighted by Crippen LogP contribution is -2.47. The summed E-state index contributed by atoms with van der Waals surface area (Å²) in [5, 5.41) is 0. The van der Waals surface area contributed by atoms with Crippen LogP contribution in [0, 0.1) is 5.82 Å². The number of aryl methyl sites for hydroxylation is 1. The number of fused-ring (bicyclic) bond motifs is 1. The van der Waals surface area contributed by atoms with Gasteiger partial charge < -0.3 is 20.4 Å². The first kappa shape index (κ1) is 22.2. The lowest BCUT2D eigenvalue weighted by atomic mass is 10.1. The van der Waals surface area contributed by atoms with E-state index in [9.17, 15) is 4.39 Å². The largest absolute Gasteiger partial charge is 0.492 e. The number of nitrogens with one attached hydrogen (secondary N) is 1. The Kier molecular flexibility index (Phi) is 6.36. The molecular formula is C27H30FN5O. The number of benzene rings is 3. The molecule has 0 unspecified atom stereocenters. The second kappa shape index (κ2) is 9.73. The van der Waals surface area contributed by atoms with Crippen LogP contribution in [0.3, 0.4) is 0 Å². The summed E-state index contributed by atoms with van der Waals surface area (Å²) in [5.41, 5.74) is 11.3. The fraction of sp³-hybridized carbons (Fsp3) is 0.296. The van der Waals surface area contributed by atoms with Gasteiger partial charge in [-0.15, -0.1) is 0 Å². The smallest absolute Gasteiger partial charge is 0.149 e. The Balaban J connectivity index is 1.21. The molecule has 6 nitrogen and oxygen atoms in total. The summed E-state index contributed by atoms with van der Waals surface area (Å²) in [6.07, 6.45) is 1.03. The van der Waals surface area contributed by atoms with Gasteiger partial charge in [0.05, 0.1) is 16.9 Å². The number of aromatic amines is 1. The minimum Gasteiger partial charge on any atom is -0.492 e. The lowest BCUT2D eigenvalue weighted by molar-refractivity contribution is 0.200. The van der Waals surface area contributed by atoms with Gasteiger partial charge in [0.15, 0.2) is 0 Å². The van der Waals surface area contributed by atoms with Crippen LogP contribution in [0.5, 0.6) is 5.75 Å². The van der Waals surface area contributed by atoms with Gasteiger partial charge in [-0.2, -0.15) is 0 Å². The minimum atomic E-state index is -0.445. The first-order chi connectivity index (χ1) is 16.6. The predicted molar refractivity (Wildman–Crippen MR) is 136 cm³/mol. The van der Waals surface area contributed by atoms with Gasteiger partial charge in [0.2, 0.25) is 0 Å². The van der Waals surface area contributed by atoms with Crippen molar-refractivity contribution in [3.05, 3.63) is 72.0 Å². The van der Waals surface area contributed by atoms with Crippen LogP contribution in [0.25, 0.3) is 22.4 Å². The van der Waals surface area contributed by atoms with Crippen molar-refractivity contribution in [3.63, 3.8) is 0 Å². The summed E-state index contributed by atoms with van der Waals surface area (Å²) in [4.78, 5) is 13.2. The SMILES string of the molecule is CCc1ccc(-c2nc3c(N4CCN(CCOc5ccc(N)c(F)c5)CC4)cccc3[nH]2)cc1. The number of imidazole rings is 1. The van der Waals surface area contributed by atoms with Crippen LogP contribution in [-0.2, 0) is 6.42 Å². The molecule has 1 aliphatic rings. The normalized spacial score (nSPS) is 14.6. The number of hydrogen-bond acceptors (Lipinski definition) is 5. The number of halogens is 1. The molecule has 1 fully saturated rings. The molecule has 4 aromatic rings. The standard InChI is InChI=1S/C27H30FN5O/c1-2-19-6-8-20(9-7-19)27-30-24-4-3-5-25(26(24)31-27)33-14-12-32(13-15-33)16-17-34-21-10-11-23(29)22(28)18-21/h3-11,18H,2,12-17,29H2,1H3,(H,30,31). The van der Waals surface area contributed by atoms with Crippen molar-refractivity contribution < 1.29 is 9.13 Å². The first-order valence-electron chi connectivity index (χ1n) is 11.8. The van der Waals surface area contributed by atoms with Crippen LogP contribution in [0.1, 0.15) is 12.5 Å². The summed E-state index contributed by atoms with van der Waals surface area (Å²) < 4.78 is 19.3. The third kappa shape index (κ3) is 4.70. The van der Waals surface area contributed by atoms with Crippen LogP contribution < -0.4 is 15.4 Å². The van der Waals surface area contributed by atoms with Gasteiger partial charge >= 0.3 is 0 Å². The van der Waals surface area contributed by atoms with E-state index >= 15 is 0 Å². The molecule has 3 N–H and O–H groups in total. The number of anilines is 2. The second-order valence-electron chi connectivity index (χ2n) is 8.67. The highest BCUT2D eigenvalue weighted by Gasteiger charge is 2.20. The summed E-state index contributed by atoms with van der Waals surface area (Å²) >= 11 is 0. The summed E-state index contributed by atoms with van der Waals surface area (Å²) in [6, 6.07) is 19.5. The third-order valence-corrected chi connectivity index (χ3v) is 6.49. The van der Waals surface area contributed by atoms with Crippen LogP contribution in [-0.4, -0.2) is 54.2 Å². The quantitative estimate of drug-likeness (QED) is 0.392. The fourth-order valence-electron chi connectivity index (χ4n) is 4.41. The molecule has 1 saturated heterocycles. The predicted octanol–water partition coefficient (Wildman–Crippen LogP) is 4.71. The van der Waals surface area contributed by atoms with Gasteiger partial charge in [0.25, 0.3) is 0 Å². The van der Waals surface area contributed by atoms with Crippen LogP contribution in [0.4, 0.5) is 15.8 Å². The number of aromatic nitrogens is 2. The average molecular weight is 460 g/mol. The third-order valence-electron chi connectivity index (χ3n) is 6.49. The molecule has 1 aliphatic heterocycles. The van der Waals surface area contributed by atoms with Gasteiger partial charge in [-0.1, -0.05) is 37.3 Å². The molecule has 0 bridgehead atoms. The molecule has 0 spiro atoms. The number of ether oxygens (including phenoxy) is 1. The van der Waals surface area contributed by atoms with Crippen molar-refractivity contribution in [2.45, 2.75) is 13.3 Å². The van der Waals surface area contributed by atoms with Crippen molar-refractivity contribution in [1.29, 1.82) is 0 Å². The Labute approximate surface area is 199 Å². The van der Waals surface area contributed by atoms with Crippen LogP contribution >= 0.6 is 0 Å². The van der Waals surface area contributed by atoms with Crippen molar-refractivity contribution in [3.8, 4) is 17.1 Å². The maximum atomic E-state index is 13.6. The highest BCUT2D eigenvalue weighted by atomic mass is 19.1. The van der Waals surface area contributed by atoms with E-state index in [1.54, 1.807) is 6.07 Å². The molecule has 0 atom stereocenters. The van der Waals surface area contributed by atoms with Gasteiger partial charge in [-0.25, -0.2) is 9.37 Å². The molecule has 7 heteroatoms. The van der Waals surface area contributed by atoms with Gasteiger partial charge in [0, 0.05) is 44.4 Å². The highest BCUT2D eigenvalue weighted by Crippen LogP contribution is 2.29. The minimum absolute atomic E-state index is 0.136. The number of hydrogen-bond donors (Lipinski definition) is 2. The van der Waals surface area contributed by atoms with E-state index in [2.05, 4.69) is 64.2 Å². The molecule has 2 heterocycles. The zero-order valence-corrected chi connectivity index (χ0v) is 19.4. The molecule has 0 aliphatic carbocycles. The molecule has 5 rings (SSSR count). The average Bonchev–Trinajstić information content (AvgIpc) is 3.31. The number of nitrogen functional groups attached to an aromatic ring is 1. The van der Waals surface area contributed by atoms with Crippen molar-refractivity contribution in [2.75, 3.05) is 50.0 Å². The molecule has 0 radical (unpaired) electrons. The molecule has 0 saturated carbocycles. The van der Waals surface area contributed by atoms with Crippen LogP contribution in [0.15, 0.2) is 60.7 Å². The van der Waals surface area contributed by atoms with Gasteiger partial charge in [-0.05, 0) is 36.2 Å². The molecule has 0 amide bonds. The molecule has 1 aromatic heterocycles. The maximum Gasteiger partial charge on any atom is 0.149 e. The Bertz CT molecular complexity index is 1260. The van der Waals surface area contributed by atoms with E-state index < -0.39 is 5.82 Å². The van der Waals surface area contributed by atoms with E-state index in [4.69, 9.17) is 15.5 Å². The van der Waals surface area contributed by atoms with E-state index in [1.165, 1.54) is 23.4 Å². The zero-order valence-electron chi connectivity index (χ0n) is 19.4. The van der Waals surface area contributed by atoms with E-state index in [0.717, 1.165) is 61.6 Å².